The second-order valence-electron chi connectivity index (χ2n) is 8.13. The number of aromatic carboxylic acids is 1. The molecule has 3 aromatic rings. The van der Waals surface area contributed by atoms with Crippen molar-refractivity contribution in [3.05, 3.63) is 76.3 Å². The second kappa shape index (κ2) is 7.57. The van der Waals surface area contributed by atoms with Crippen LogP contribution in [0.1, 0.15) is 34.3 Å². The van der Waals surface area contributed by atoms with E-state index in [4.69, 9.17) is 21.1 Å². The first-order valence-corrected chi connectivity index (χ1v) is 10.6. The van der Waals surface area contributed by atoms with Gasteiger partial charge in [0.15, 0.2) is 11.5 Å². The van der Waals surface area contributed by atoms with Crippen molar-refractivity contribution < 1.29 is 24.2 Å². The number of hydrogen-bond donors (Lipinski definition) is 2. The van der Waals surface area contributed by atoms with Gasteiger partial charge < -0.3 is 19.9 Å². The van der Waals surface area contributed by atoms with Crippen molar-refractivity contribution >= 4 is 29.2 Å². The SMILES string of the molecule is Cc1ccc(NC(=O)C2(c3ccc4c(c3)OCO4)CC2)cc1-c1ccc(C(=O)O)c(Cl)c1. The first-order chi connectivity index (χ1) is 15.4. The molecule has 0 saturated heterocycles. The van der Waals surface area contributed by atoms with Crippen LogP contribution in [0.3, 0.4) is 0 Å². The molecule has 162 valence electrons. The van der Waals surface area contributed by atoms with Crippen LogP contribution in [0, 0.1) is 6.92 Å². The quantitative estimate of drug-likeness (QED) is 0.543. The maximum absolute atomic E-state index is 13.2. The van der Waals surface area contributed by atoms with Crippen LogP contribution in [0.5, 0.6) is 11.5 Å². The number of fused-ring (bicyclic) bond motifs is 1. The van der Waals surface area contributed by atoms with E-state index in [1.807, 2.05) is 43.3 Å². The van der Waals surface area contributed by atoms with Gasteiger partial charge in [-0.05, 0) is 78.4 Å². The highest BCUT2D eigenvalue weighted by Gasteiger charge is 2.51. The molecule has 0 unspecified atom stereocenters. The van der Waals surface area contributed by atoms with Crippen molar-refractivity contribution in [2.45, 2.75) is 25.2 Å². The van der Waals surface area contributed by atoms with Gasteiger partial charge in [0.05, 0.1) is 16.0 Å². The van der Waals surface area contributed by atoms with Crippen LogP contribution in [0.2, 0.25) is 5.02 Å². The summed E-state index contributed by atoms with van der Waals surface area (Å²) in [7, 11) is 0. The summed E-state index contributed by atoms with van der Waals surface area (Å²) in [5.41, 5.74) is 3.71. The van der Waals surface area contributed by atoms with Gasteiger partial charge in [-0.3, -0.25) is 4.79 Å². The fourth-order valence-corrected chi connectivity index (χ4v) is 4.34. The number of carbonyl (C=O) groups excluding carboxylic acids is 1. The van der Waals surface area contributed by atoms with Crippen molar-refractivity contribution in [2.24, 2.45) is 0 Å². The van der Waals surface area contributed by atoms with Crippen LogP contribution >= 0.6 is 11.6 Å². The molecule has 1 heterocycles. The average Bonchev–Trinajstić information content (AvgIpc) is 3.45. The van der Waals surface area contributed by atoms with Gasteiger partial charge in [0.25, 0.3) is 0 Å². The van der Waals surface area contributed by atoms with E-state index in [0.29, 0.717) is 17.2 Å². The number of amides is 1. The molecule has 7 heteroatoms. The number of nitrogens with one attached hydrogen (secondary N) is 1. The lowest BCUT2D eigenvalue weighted by Gasteiger charge is -2.17. The smallest absolute Gasteiger partial charge is 0.337 e. The molecule has 5 rings (SSSR count). The average molecular weight is 450 g/mol. The Balaban J connectivity index is 1.41. The molecule has 1 fully saturated rings. The van der Waals surface area contributed by atoms with Gasteiger partial charge in [0.2, 0.25) is 12.7 Å². The van der Waals surface area contributed by atoms with Crippen molar-refractivity contribution in [3.63, 3.8) is 0 Å². The second-order valence-corrected chi connectivity index (χ2v) is 8.54. The highest BCUT2D eigenvalue weighted by molar-refractivity contribution is 6.33. The minimum absolute atomic E-state index is 0.0527. The van der Waals surface area contributed by atoms with E-state index in [0.717, 1.165) is 35.1 Å². The number of anilines is 1. The first kappa shape index (κ1) is 20.4. The Labute approximate surface area is 189 Å². The number of carboxylic acid groups (broad SMARTS) is 1. The lowest BCUT2D eigenvalue weighted by atomic mass is 9.94. The minimum Gasteiger partial charge on any atom is -0.478 e. The molecule has 0 atom stereocenters. The van der Waals surface area contributed by atoms with E-state index < -0.39 is 11.4 Å². The molecule has 0 spiro atoms. The maximum Gasteiger partial charge on any atom is 0.337 e. The van der Waals surface area contributed by atoms with E-state index in [1.165, 1.54) is 6.07 Å². The van der Waals surface area contributed by atoms with Crippen LogP contribution in [0.25, 0.3) is 11.1 Å². The summed E-state index contributed by atoms with van der Waals surface area (Å²) in [6.45, 7) is 2.15. The normalized spacial score (nSPS) is 15.3. The largest absolute Gasteiger partial charge is 0.478 e. The van der Waals surface area contributed by atoms with E-state index in [1.54, 1.807) is 12.1 Å². The Morgan fingerprint density at radius 1 is 1.00 bits per heavy atom. The highest BCUT2D eigenvalue weighted by Crippen LogP contribution is 2.51. The molecule has 3 aromatic carbocycles. The number of halogens is 1. The Morgan fingerprint density at radius 2 is 1.78 bits per heavy atom. The number of carboxylic acids is 1. The monoisotopic (exact) mass is 449 g/mol. The summed E-state index contributed by atoms with van der Waals surface area (Å²) in [6, 6.07) is 16.2. The number of rotatable bonds is 5. The molecular weight excluding hydrogens is 430 g/mol. The molecule has 1 amide bonds. The fourth-order valence-electron chi connectivity index (χ4n) is 4.08. The zero-order chi connectivity index (χ0) is 22.5. The third-order valence-electron chi connectivity index (χ3n) is 6.12. The molecule has 1 aliphatic carbocycles. The number of aryl methyl sites for hydroxylation is 1. The molecule has 1 saturated carbocycles. The van der Waals surface area contributed by atoms with Crippen LogP contribution in [0.15, 0.2) is 54.6 Å². The number of carbonyl (C=O) groups is 2. The molecule has 0 aromatic heterocycles. The van der Waals surface area contributed by atoms with E-state index in [-0.39, 0.29) is 23.3 Å². The Bertz CT molecular complexity index is 1270. The van der Waals surface area contributed by atoms with E-state index >= 15 is 0 Å². The van der Waals surface area contributed by atoms with Gasteiger partial charge in [0, 0.05) is 5.69 Å². The third-order valence-corrected chi connectivity index (χ3v) is 6.43. The molecular formula is C25H20ClNO5. The van der Waals surface area contributed by atoms with Gasteiger partial charge in [-0.1, -0.05) is 29.8 Å². The van der Waals surface area contributed by atoms with Crippen molar-refractivity contribution in [2.75, 3.05) is 12.1 Å². The van der Waals surface area contributed by atoms with Crippen molar-refractivity contribution in [1.29, 1.82) is 0 Å². The Kier molecular flexibility index (Phi) is 4.82. The van der Waals surface area contributed by atoms with Crippen LogP contribution in [0.4, 0.5) is 5.69 Å². The fraction of sp³-hybridized carbons (Fsp3) is 0.200. The standard InChI is InChI=1S/C25H20ClNO5/c1-14-2-5-17(12-19(14)15-3-6-18(23(28)29)20(26)10-15)27-24(30)25(8-9-25)16-4-7-21-22(11-16)32-13-31-21/h2-7,10-12H,8-9,13H2,1H3,(H,27,30)(H,28,29). The summed E-state index contributed by atoms with van der Waals surface area (Å²) in [5.74, 6) is 0.226. The van der Waals surface area contributed by atoms with Crippen LogP contribution in [-0.2, 0) is 10.2 Å². The maximum atomic E-state index is 13.2. The molecule has 32 heavy (non-hydrogen) atoms. The van der Waals surface area contributed by atoms with E-state index in [2.05, 4.69) is 5.32 Å². The molecule has 2 aliphatic rings. The van der Waals surface area contributed by atoms with Gasteiger partial charge in [0.1, 0.15) is 0 Å². The molecule has 0 bridgehead atoms. The summed E-state index contributed by atoms with van der Waals surface area (Å²) >= 11 is 6.16. The Hall–Kier alpha value is -3.51. The zero-order valence-electron chi connectivity index (χ0n) is 17.3. The third kappa shape index (κ3) is 3.46. The summed E-state index contributed by atoms with van der Waals surface area (Å²) in [5, 5.41) is 12.4. The predicted octanol–water partition coefficient (Wildman–Crippen LogP) is 5.41. The van der Waals surface area contributed by atoms with Gasteiger partial charge >= 0.3 is 5.97 Å². The van der Waals surface area contributed by atoms with Gasteiger partial charge in [-0.15, -0.1) is 0 Å². The summed E-state index contributed by atoms with van der Waals surface area (Å²) < 4.78 is 10.8. The van der Waals surface area contributed by atoms with Crippen molar-refractivity contribution in [3.8, 4) is 22.6 Å². The predicted molar refractivity (Wildman–Crippen MR) is 121 cm³/mol. The minimum atomic E-state index is -1.07. The lowest BCUT2D eigenvalue weighted by Crippen LogP contribution is -2.27. The topological polar surface area (TPSA) is 84.9 Å². The molecule has 6 nitrogen and oxygen atoms in total. The summed E-state index contributed by atoms with van der Waals surface area (Å²) in [6.07, 6.45) is 1.53. The number of benzene rings is 3. The highest BCUT2D eigenvalue weighted by atomic mass is 35.5. The van der Waals surface area contributed by atoms with Crippen molar-refractivity contribution in [1.82, 2.24) is 0 Å². The summed E-state index contributed by atoms with van der Waals surface area (Å²) in [4.78, 5) is 24.5. The Morgan fingerprint density at radius 3 is 2.50 bits per heavy atom. The molecule has 0 radical (unpaired) electrons. The van der Waals surface area contributed by atoms with Gasteiger partial charge in [-0.25, -0.2) is 4.79 Å². The first-order valence-electron chi connectivity index (χ1n) is 10.2. The van der Waals surface area contributed by atoms with Crippen LogP contribution in [-0.4, -0.2) is 23.8 Å². The lowest BCUT2D eigenvalue weighted by molar-refractivity contribution is -0.118. The number of ether oxygens (including phenoxy) is 2. The molecule has 2 N–H and O–H groups in total. The number of hydrogen-bond acceptors (Lipinski definition) is 4. The van der Waals surface area contributed by atoms with Gasteiger partial charge in [-0.2, -0.15) is 0 Å². The molecule has 1 aliphatic heterocycles. The zero-order valence-corrected chi connectivity index (χ0v) is 18.0. The van der Waals surface area contributed by atoms with E-state index in [9.17, 15) is 14.7 Å². The van der Waals surface area contributed by atoms with Crippen LogP contribution < -0.4 is 14.8 Å².